The number of nitrogens with zero attached hydrogens (tertiary/aromatic N) is 2. The molecule has 4 aromatic rings. The van der Waals surface area contributed by atoms with Gasteiger partial charge in [-0.05, 0) is 30.3 Å². The van der Waals surface area contributed by atoms with Gasteiger partial charge in [0.05, 0.1) is 24.8 Å². The molecule has 2 aromatic carbocycles. The third-order valence-electron chi connectivity index (χ3n) is 4.78. The summed E-state index contributed by atoms with van der Waals surface area (Å²) in [6.45, 7) is 0. The van der Waals surface area contributed by atoms with Crippen LogP contribution in [0.25, 0.3) is 28.3 Å². The van der Waals surface area contributed by atoms with Crippen LogP contribution in [-0.2, 0) is 16.0 Å². The summed E-state index contributed by atoms with van der Waals surface area (Å²) in [5.74, 6) is 0.635. The van der Waals surface area contributed by atoms with Crippen LogP contribution in [0.15, 0.2) is 76.2 Å². The van der Waals surface area contributed by atoms with E-state index in [0.29, 0.717) is 11.3 Å². The minimum absolute atomic E-state index is 0.00757. The van der Waals surface area contributed by atoms with E-state index in [9.17, 15) is 21.6 Å². The number of furan rings is 1. The predicted octanol–water partition coefficient (Wildman–Crippen LogP) is 5.23. The number of benzene rings is 2. The Labute approximate surface area is 181 Å². The minimum atomic E-state index is -4.66. The number of rotatable bonds is 5. The fraction of sp³-hybridized carbons (Fsp3) is 0.136. The second-order valence-electron chi connectivity index (χ2n) is 6.99. The van der Waals surface area contributed by atoms with Crippen molar-refractivity contribution in [2.75, 3.05) is 13.4 Å². The third kappa shape index (κ3) is 4.13. The fourth-order valence-corrected chi connectivity index (χ4v) is 4.09. The van der Waals surface area contributed by atoms with Gasteiger partial charge in [0.2, 0.25) is 0 Å². The molecular weight excluding hydrogens is 445 g/mol. The van der Waals surface area contributed by atoms with Crippen molar-refractivity contribution >= 4 is 9.84 Å². The Hall–Kier alpha value is -3.53. The highest BCUT2D eigenvalue weighted by Crippen LogP contribution is 2.35. The van der Waals surface area contributed by atoms with Gasteiger partial charge in [-0.15, -0.1) is 0 Å². The van der Waals surface area contributed by atoms with Gasteiger partial charge in [-0.3, -0.25) is 0 Å². The Bertz CT molecular complexity index is 1360. The van der Waals surface area contributed by atoms with E-state index in [1.54, 1.807) is 36.4 Å². The molecule has 0 aliphatic heterocycles. The van der Waals surface area contributed by atoms with Crippen molar-refractivity contribution in [2.45, 2.75) is 11.1 Å². The Balaban J connectivity index is 1.85. The molecule has 0 unspecified atom stereocenters. The molecule has 0 aliphatic carbocycles. The number of hydrogen-bond acceptors (Lipinski definition) is 5. The van der Waals surface area contributed by atoms with Crippen molar-refractivity contribution < 1.29 is 30.7 Å². The third-order valence-corrected chi connectivity index (χ3v) is 5.91. The van der Waals surface area contributed by atoms with Gasteiger partial charge in [-0.25, -0.2) is 13.1 Å². The highest BCUT2D eigenvalue weighted by atomic mass is 32.2. The summed E-state index contributed by atoms with van der Waals surface area (Å²) < 4.78 is 75.8. The molecular formula is C22H17F3N2O4S. The topological polar surface area (TPSA) is 74.3 Å². The maximum absolute atomic E-state index is 13.4. The van der Waals surface area contributed by atoms with Crippen LogP contribution in [0.3, 0.4) is 0 Å². The summed E-state index contributed by atoms with van der Waals surface area (Å²) in [6.07, 6.45) is -2.11. The molecule has 166 valence electrons. The molecule has 0 saturated heterocycles. The van der Waals surface area contributed by atoms with Crippen LogP contribution < -0.4 is 4.74 Å². The van der Waals surface area contributed by atoms with E-state index in [1.165, 1.54) is 31.6 Å². The number of sulfone groups is 1. The zero-order valence-electron chi connectivity index (χ0n) is 16.9. The zero-order valence-corrected chi connectivity index (χ0v) is 17.7. The molecule has 2 aromatic heterocycles. The first-order valence-electron chi connectivity index (χ1n) is 9.28. The number of aromatic nitrogens is 2. The van der Waals surface area contributed by atoms with Crippen LogP contribution in [-0.4, -0.2) is 31.6 Å². The average molecular weight is 462 g/mol. The van der Waals surface area contributed by atoms with Crippen LogP contribution >= 0.6 is 0 Å². The molecule has 0 bridgehead atoms. The van der Waals surface area contributed by atoms with Gasteiger partial charge in [0.1, 0.15) is 16.4 Å². The first kappa shape index (κ1) is 21.7. The highest BCUT2D eigenvalue weighted by Gasteiger charge is 2.35. The van der Waals surface area contributed by atoms with E-state index in [-0.39, 0.29) is 22.0 Å². The first-order valence-corrected chi connectivity index (χ1v) is 11.2. The molecule has 32 heavy (non-hydrogen) atoms. The monoisotopic (exact) mass is 462 g/mol. The normalized spacial score (nSPS) is 12.2. The Morgan fingerprint density at radius 2 is 1.69 bits per heavy atom. The van der Waals surface area contributed by atoms with E-state index < -0.39 is 21.7 Å². The van der Waals surface area contributed by atoms with Crippen LogP contribution in [0.4, 0.5) is 13.2 Å². The Morgan fingerprint density at radius 3 is 2.25 bits per heavy atom. The van der Waals surface area contributed by atoms with Crippen LogP contribution in [0.2, 0.25) is 0 Å². The van der Waals surface area contributed by atoms with E-state index >= 15 is 0 Å². The second kappa shape index (κ2) is 7.86. The number of ether oxygens (including phenoxy) is 1. The van der Waals surface area contributed by atoms with Crippen molar-refractivity contribution in [1.29, 1.82) is 0 Å². The lowest BCUT2D eigenvalue weighted by Crippen LogP contribution is -2.08. The quantitative estimate of drug-likeness (QED) is 0.406. The number of halogens is 3. The van der Waals surface area contributed by atoms with Crippen molar-refractivity contribution in [2.24, 2.45) is 0 Å². The molecule has 0 aliphatic rings. The van der Waals surface area contributed by atoms with Crippen molar-refractivity contribution in [3.63, 3.8) is 0 Å². The lowest BCUT2D eigenvalue weighted by Gasteiger charge is -2.12. The van der Waals surface area contributed by atoms with Crippen molar-refractivity contribution in [3.8, 4) is 34.0 Å². The molecule has 2 heterocycles. The van der Waals surface area contributed by atoms with Gasteiger partial charge >= 0.3 is 6.18 Å². The largest absolute Gasteiger partial charge is 0.495 e. The van der Waals surface area contributed by atoms with Gasteiger partial charge in [0, 0.05) is 23.4 Å². The molecule has 0 N–H and O–H groups in total. The Morgan fingerprint density at radius 1 is 1.00 bits per heavy atom. The second-order valence-corrected chi connectivity index (χ2v) is 8.97. The van der Waals surface area contributed by atoms with Crippen LogP contribution in [0.5, 0.6) is 5.75 Å². The van der Waals surface area contributed by atoms with Crippen LogP contribution in [0, 0.1) is 0 Å². The SMILES string of the molecule is COc1cc(-n2nc(C(F)(F)F)cc2-c2ccc(-c3ccco3)cc2)ccc1S(C)(=O)=O. The van der Waals surface area contributed by atoms with E-state index in [2.05, 4.69) is 5.10 Å². The van der Waals surface area contributed by atoms with Gasteiger partial charge in [-0.1, -0.05) is 24.3 Å². The Kier molecular flexibility index (Phi) is 5.33. The van der Waals surface area contributed by atoms with E-state index in [4.69, 9.17) is 9.15 Å². The molecule has 0 saturated carbocycles. The summed E-state index contributed by atoms with van der Waals surface area (Å²) in [5.41, 5.74) is 0.565. The summed E-state index contributed by atoms with van der Waals surface area (Å²) in [4.78, 5) is -0.0729. The molecule has 0 radical (unpaired) electrons. The van der Waals surface area contributed by atoms with Gasteiger partial charge < -0.3 is 9.15 Å². The van der Waals surface area contributed by atoms with Crippen molar-refractivity contribution in [1.82, 2.24) is 9.78 Å². The lowest BCUT2D eigenvalue weighted by atomic mass is 10.1. The van der Waals surface area contributed by atoms with Crippen molar-refractivity contribution in [3.05, 3.63) is 72.6 Å². The highest BCUT2D eigenvalue weighted by molar-refractivity contribution is 7.90. The van der Waals surface area contributed by atoms with Gasteiger partial charge in [-0.2, -0.15) is 18.3 Å². The van der Waals surface area contributed by atoms with Crippen LogP contribution in [0.1, 0.15) is 5.69 Å². The molecule has 10 heteroatoms. The molecule has 6 nitrogen and oxygen atoms in total. The van der Waals surface area contributed by atoms with Gasteiger partial charge in [0.15, 0.2) is 15.5 Å². The number of hydrogen-bond donors (Lipinski definition) is 0. The molecule has 0 spiro atoms. The number of alkyl halides is 3. The fourth-order valence-electron chi connectivity index (χ4n) is 3.26. The molecule has 0 fully saturated rings. The van der Waals surface area contributed by atoms with E-state index in [0.717, 1.165) is 22.6 Å². The maximum Gasteiger partial charge on any atom is 0.435 e. The molecule has 4 rings (SSSR count). The lowest BCUT2D eigenvalue weighted by molar-refractivity contribution is -0.141. The summed E-state index contributed by atoms with van der Waals surface area (Å²) in [7, 11) is -2.31. The van der Waals surface area contributed by atoms with E-state index in [1.807, 2.05) is 0 Å². The summed E-state index contributed by atoms with van der Waals surface area (Å²) in [6, 6.07) is 15.2. The zero-order chi connectivity index (χ0) is 23.1. The first-order chi connectivity index (χ1) is 15.1. The average Bonchev–Trinajstić information content (AvgIpc) is 3.43. The summed E-state index contributed by atoms with van der Waals surface area (Å²) in [5, 5.41) is 3.74. The maximum atomic E-state index is 13.4. The minimum Gasteiger partial charge on any atom is -0.495 e. The predicted molar refractivity (Wildman–Crippen MR) is 111 cm³/mol. The molecule has 0 atom stereocenters. The standard InChI is InChI=1S/C22H17F3N2O4S/c1-30-19-12-16(9-10-20(19)32(2,28)29)27-17(13-21(26-27)22(23,24)25)14-5-7-15(8-6-14)18-4-3-11-31-18/h3-13H,1-2H3. The molecule has 0 amide bonds. The summed E-state index contributed by atoms with van der Waals surface area (Å²) >= 11 is 0. The number of methoxy groups -OCH3 is 1. The van der Waals surface area contributed by atoms with Gasteiger partial charge in [0.25, 0.3) is 0 Å². The smallest absolute Gasteiger partial charge is 0.435 e.